The number of ketones is 2. The predicted molar refractivity (Wildman–Crippen MR) is 144 cm³/mol. The molecule has 5 rings (SSSR count). The van der Waals surface area contributed by atoms with Gasteiger partial charge in [0.2, 0.25) is 5.78 Å². The van der Waals surface area contributed by atoms with Gasteiger partial charge in [0.05, 0.1) is 12.8 Å². The molecule has 42 heavy (non-hydrogen) atoms. The van der Waals surface area contributed by atoms with Gasteiger partial charge in [0.1, 0.15) is 0 Å². The number of hydroxylamine groups is 2. The topological polar surface area (TPSA) is 150 Å². The minimum atomic E-state index is -1.43. The average molecular weight is 586 g/mol. The molecule has 11 heteroatoms. The zero-order chi connectivity index (χ0) is 30.4. The zero-order valence-corrected chi connectivity index (χ0v) is 24.5. The molecule has 5 aliphatic rings. The highest BCUT2D eigenvalue weighted by Crippen LogP contribution is 2.68. The molecule has 1 aliphatic heterocycles. The van der Waals surface area contributed by atoms with Crippen molar-refractivity contribution >= 4 is 41.3 Å². The number of carbonyl (C=O) groups excluding carboxylic acids is 7. The molecular weight excluding hydrogens is 546 g/mol. The summed E-state index contributed by atoms with van der Waals surface area (Å²) in [5.74, 6) is -3.01. The number of hydrogen-bond donors (Lipinski definition) is 0. The smallest absolute Gasteiger partial charge is 0.333 e. The molecule has 0 N–H and O–H groups in total. The standard InChI is InChI=1S/C31H39NO10/c1-18(33)41-31(24(35)17-40-27(38)8-9-28(39)42-32-25(36)6-7-26(32)37)15-12-23-21-5-4-19-16-20(34)10-13-29(19,2)22(21)11-14-30(23,31)3/h16,21-23H,4-15,17H2,1-3H3/t21-,22+,23+,29+,30+,31+/m1/s1. The Balaban J connectivity index is 1.24. The lowest BCUT2D eigenvalue weighted by Crippen LogP contribution is -2.59. The lowest BCUT2D eigenvalue weighted by molar-refractivity contribution is -0.197. The summed E-state index contributed by atoms with van der Waals surface area (Å²) in [7, 11) is 0. The van der Waals surface area contributed by atoms with Crippen LogP contribution in [0.15, 0.2) is 11.6 Å². The first-order valence-corrected chi connectivity index (χ1v) is 15.0. The van der Waals surface area contributed by atoms with Crippen molar-refractivity contribution in [1.82, 2.24) is 5.06 Å². The number of rotatable bonds is 8. The monoisotopic (exact) mass is 585 g/mol. The van der Waals surface area contributed by atoms with Crippen LogP contribution in [-0.2, 0) is 47.9 Å². The Morgan fingerprint density at radius 3 is 2.21 bits per heavy atom. The van der Waals surface area contributed by atoms with Crippen LogP contribution < -0.4 is 0 Å². The summed E-state index contributed by atoms with van der Waals surface area (Å²) in [6.45, 7) is 4.98. The van der Waals surface area contributed by atoms with E-state index >= 15 is 0 Å². The van der Waals surface area contributed by atoms with Crippen LogP contribution in [-0.4, -0.2) is 58.6 Å². The molecule has 0 unspecified atom stereocenters. The highest BCUT2D eigenvalue weighted by molar-refractivity contribution is 6.01. The van der Waals surface area contributed by atoms with Gasteiger partial charge in [0, 0.05) is 31.6 Å². The number of carbonyl (C=O) groups is 7. The van der Waals surface area contributed by atoms with E-state index in [0.717, 1.165) is 25.7 Å². The van der Waals surface area contributed by atoms with Gasteiger partial charge in [-0.15, -0.1) is 5.06 Å². The molecule has 4 fully saturated rings. The fourth-order valence-electron chi connectivity index (χ4n) is 8.83. The maximum atomic E-state index is 13.8. The molecule has 0 aromatic heterocycles. The summed E-state index contributed by atoms with van der Waals surface area (Å²) < 4.78 is 11.1. The molecule has 0 bridgehead atoms. The molecule has 3 saturated carbocycles. The molecule has 1 saturated heterocycles. The van der Waals surface area contributed by atoms with E-state index in [1.807, 2.05) is 13.0 Å². The molecule has 11 nitrogen and oxygen atoms in total. The third-order valence-corrected chi connectivity index (χ3v) is 10.9. The highest BCUT2D eigenvalue weighted by Gasteiger charge is 2.68. The number of allylic oxidation sites excluding steroid dienone is 1. The average Bonchev–Trinajstić information content (AvgIpc) is 3.41. The highest BCUT2D eigenvalue weighted by atomic mass is 16.7. The van der Waals surface area contributed by atoms with Crippen LogP contribution in [0.3, 0.4) is 0 Å². The largest absolute Gasteiger partial charge is 0.457 e. The van der Waals surface area contributed by atoms with Crippen LogP contribution in [0, 0.1) is 28.6 Å². The van der Waals surface area contributed by atoms with Crippen LogP contribution in [0.2, 0.25) is 0 Å². The second kappa shape index (κ2) is 11.0. The van der Waals surface area contributed by atoms with Gasteiger partial charge in [-0.2, -0.15) is 0 Å². The Labute approximate surface area is 244 Å². The molecule has 1 heterocycles. The number of nitrogens with zero attached hydrogens (tertiary/aromatic N) is 1. The van der Waals surface area contributed by atoms with Gasteiger partial charge in [0.15, 0.2) is 18.0 Å². The Bertz CT molecular complexity index is 1250. The van der Waals surface area contributed by atoms with Gasteiger partial charge >= 0.3 is 17.9 Å². The van der Waals surface area contributed by atoms with Gasteiger partial charge in [-0.25, -0.2) is 4.79 Å². The first-order valence-electron chi connectivity index (χ1n) is 15.0. The van der Waals surface area contributed by atoms with Gasteiger partial charge < -0.3 is 14.3 Å². The summed E-state index contributed by atoms with van der Waals surface area (Å²) in [6.07, 6.45) is 6.65. The third-order valence-electron chi connectivity index (χ3n) is 10.9. The lowest BCUT2D eigenvalue weighted by atomic mass is 9.46. The molecule has 228 valence electrons. The maximum absolute atomic E-state index is 13.8. The SMILES string of the molecule is CC(=O)O[C@]1(C(=O)COC(=O)CCC(=O)ON2C(=O)CCC2=O)CC[C@H]2[C@@H]3CCC4=CC(=O)CC[C@]4(C)[C@H]3CC[C@@]21C. The van der Waals surface area contributed by atoms with Crippen molar-refractivity contribution in [3.63, 3.8) is 0 Å². The fraction of sp³-hybridized carbons (Fsp3) is 0.710. The Hall–Kier alpha value is -3.37. The number of hydrogen-bond acceptors (Lipinski definition) is 10. The van der Waals surface area contributed by atoms with Crippen molar-refractivity contribution < 1.29 is 47.9 Å². The van der Waals surface area contributed by atoms with Crippen molar-refractivity contribution in [2.45, 2.75) is 103 Å². The van der Waals surface area contributed by atoms with E-state index in [1.54, 1.807) is 0 Å². The summed E-state index contributed by atoms with van der Waals surface area (Å²) in [4.78, 5) is 90.8. The first-order chi connectivity index (χ1) is 19.8. The van der Waals surface area contributed by atoms with E-state index in [0.29, 0.717) is 42.6 Å². The van der Waals surface area contributed by atoms with E-state index in [2.05, 4.69) is 6.92 Å². The van der Waals surface area contributed by atoms with Crippen LogP contribution >= 0.6 is 0 Å². The molecule has 0 aromatic rings. The number of fused-ring (bicyclic) bond motifs is 5. The van der Waals surface area contributed by atoms with Crippen LogP contribution in [0.1, 0.15) is 97.8 Å². The number of amides is 2. The molecular formula is C31H39NO10. The normalized spacial score (nSPS) is 35.5. The Kier molecular flexibility index (Phi) is 7.91. The fourth-order valence-corrected chi connectivity index (χ4v) is 8.83. The quantitative estimate of drug-likeness (QED) is 0.306. The summed E-state index contributed by atoms with van der Waals surface area (Å²) in [5, 5.41) is 0.406. The zero-order valence-electron chi connectivity index (χ0n) is 24.5. The third kappa shape index (κ3) is 4.98. The minimum Gasteiger partial charge on any atom is -0.457 e. The second-order valence-electron chi connectivity index (χ2n) is 13.0. The number of Topliss-reactive ketones (excluding diaryl/α,β-unsaturated/α-hetero) is 1. The van der Waals surface area contributed by atoms with Crippen molar-refractivity contribution in [1.29, 1.82) is 0 Å². The van der Waals surface area contributed by atoms with E-state index < -0.39 is 66.0 Å². The van der Waals surface area contributed by atoms with Gasteiger partial charge in [-0.3, -0.25) is 28.8 Å². The predicted octanol–water partition coefficient (Wildman–Crippen LogP) is 3.32. The van der Waals surface area contributed by atoms with Crippen molar-refractivity contribution in [3.8, 4) is 0 Å². The molecule has 0 radical (unpaired) electrons. The first kappa shape index (κ1) is 30.1. The second-order valence-corrected chi connectivity index (χ2v) is 13.0. The van der Waals surface area contributed by atoms with Gasteiger partial charge in [0.25, 0.3) is 11.8 Å². The minimum absolute atomic E-state index is 0.0408. The van der Waals surface area contributed by atoms with E-state index in [1.165, 1.54) is 12.5 Å². The molecule has 0 spiro atoms. The molecule has 2 amide bonds. The van der Waals surface area contributed by atoms with E-state index in [-0.39, 0.29) is 30.0 Å². The molecule has 4 aliphatic carbocycles. The van der Waals surface area contributed by atoms with Crippen LogP contribution in [0.4, 0.5) is 0 Å². The lowest BCUT2D eigenvalue weighted by Gasteiger charge is -2.59. The Morgan fingerprint density at radius 2 is 1.52 bits per heavy atom. The Morgan fingerprint density at radius 1 is 0.857 bits per heavy atom. The van der Waals surface area contributed by atoms with Gasteiger partial charge in [-0.1, -0.05) is 19.4 Å². The molecule has 6 atom stereocenters. The van der Waals surface area contributed by atoms with Crippen LogP contribution in [0.5, 0.6) is 0 Å². The summed E-state index contributed by atoms with van der Waals surface area (Å²) in [5.41, 5.74) is -0.854. The van der Waals surface area contributed by atoms with Crippen molar-refractivity contribution in [2.24, 2.45) is 28.6 Å². The van der Waals surface area contributed by atoms with Crippen molar-refractivity contribution in [2.75, 3.05) is 6.61 Å². The maximum Gasteiger partial charge on any atom is 0.333 e. The van der Waals surface area contributed by atoms with E-state index in [4.69, 9.17) is 14.3 Å². The van der Waals surface area contributed by atoms with Crippen molar-refractivity contribution in [3.05, 3.63) is 11.6 Å². The van der Waals surface area contributed by atoms with Gasteiger partial charge in [-0.05, 0) is 74.2 Å². The number of imide groups is 1. The van der Waals surface area contributed by atoms with Crippen LogP contribution in [0.25, 0.3) is 0 Å². The van der Waals surface area contributed by atoms with E-state index in [9.17, 15) is 33.6 Å². The summed E-state index contributed by atoms with van der Waals surface area (Å²) >= 11 is 0. The summed E-state index contributed by atoms with van der Waals surface area (Å²) in [6, 6.07) is 0. The molecule has 0 aromatic carbocycles. The number of esters is 2. The number of ether oxygens (including phenoxy) is 2.